The van der Waals surface area contributed by atoms with Crippen LogP contribution >= 0.6 is 11.3 Å². The molecule has 0 saturated carbocycles. The van der Waals surface area contributed by atoms with Crippen LogP contribution in [-0.4, -0.2) is 40.4 Å². The van der Waals surface area contributed by atoms with Crippen molar-refractivity contribution in [2.45, 2.75) is 45.6 Å². The van der Waals surface area contributed by atoms with Crippen LogP contribution in [0.2, 0.25) is 0 Å². The number of nitrogens with zero attached hydrogens (tertiary/aromatic N) is 3. The molecule has 1 aliphatic heterocycles. The Balaban J connectivity index is 1.53. The maximum Gasteiger partial charge on any atom is 0.226 e. The van der Waals surface area contributed by atoms with Crippen LogP contribution in [0.4, 0.5) is 5.69 Å². The summed E-state index contributed by atoms with van der Waals surface area (Å²) in [5, 5.41) is 10.5. The van der Waals surface area contributed by atoms with Gasteiger partial charge in [0.1, 0.15) is 5.01 Å². The van der Waals surface area contributed by atoms with Gasteiger partial charge in [-0.05, 0) is 51.7 Å². The topological polar surface area (TPSA) is 95.1 Å². The minimum absolute atomic E-state index is 0.00906. The lowest BCUT2D eigenvalue weighted by molar-refractivity contribution is -0.120. The molecule has 4 rings (SSSR count). The summed E-state index contributed by atoms with van der Waals surface area (Å²) in [6, 6.07) is 7.82. The Morgan fingerprint density at radius 2 is 2.09 bits per heavy atom. The van der Waals surface area contributed by atoms with E-state index in [1.165, 1.54) is 11.3 Å². The minimum atomic E-state index is -0.206. The van der Waals surface area contributed by atoms with E-state index < -0.39 is 0 Å². The molecule has 3 aromatic rings. The highest BCUT2D eigenvalue weighted by molar-refractivity contribution is 7.13. The maximum absolute atomic E-state index is 12.5. The van der Waals surface area contributed by atoms with Gasteiger partial charge in [0.15, 0.2) is 0 Å². The molecule has 0 bridgehead atoms. The first-order valence-electron chi connectivity index (χ1n) is 11.0. The molecule has 0 unspecified atom stereocenters. The molecule has 32 heavy (non-hydrogen) atoms. The van der Waals surface area contributed by atoms with E-state index in [0.717, 1.165) is 53.6 Å². The van der Waals surface area contributed by atoms with Crippen LogP contribution in [0.1, 0.15) is 39.3 Å². The fourth-order valence-electron chi connectivity index (χ4n) is 3.92. The van der Waals surface area contributed by atoms with Crippen molar-refractivity contribution in [3.05, 3.63) is 41.5 Å². The van der Waals surface area contributed by atoms with E-state index in [-0.39, 0.29) is 17.9 Å². The molecule has 1 fully saturated rings. The molecular weight excluding hydrogens is 422 g/mol. The average molecular weight is 454 g/mol. The number of amides is 1. The van der Waals surface area contributed by atoms with Crippen molar-refractivity contribution in [1.29, 1.82) is 0 Å². The van der Waals surface area contributed by atoms with Crippen molar-refractivity contribution >= 4 is 22.9 Å². The summed E-state index contributed by atoms with van der Waals surface area (Å²) in [5.41, 5.74) is 10.3. The third-order valence-electron chi connectivity index (χ3n) is 5.62. The number of nitrogens with one attached hydrogen (secondary N) is 1. The molecule has 1 aliphatic rings. The number of thiazole rings is 1. The van der Waals surface area contributed by atoms with Crippen molar-refractivity contribution in [1.82, 2.24) is 20.1 Å². The van der Waals surface area contributed by atoms with Gasteiger partial charge in [-0.15, -0.1) is 11.3 Å². The van der Waals surface area contributed by atoms with E-state index in [4.69, 9.17) is 15.5 Å². The van der Waals surface area contributed by atoms with Gasteiger partial charge in [0.2, 0.25) is 5.91 Å². The van der Waals surface area contributed by atoms with E-state index in [2.05, 4.69) is 31.2 Å². The molecule has 1 aromatic carbocycles. The fourth-order valence-corrected chi connectivity index (χ4v) is 4.75. The highest BCUT2D eigenvalue weighted by atomic mass is 32.1. The second-order valence-corrected chi connectivity index (χ2v) is 10.2. The van der Waals surface area contributed by atoms with Crippen LogP contribution in [0.15, 0.2) is 35.8 Å². The van der Waals surface area contributed by atoms with Crippen LogP contribution in [0.5, 0.6) is 0 Å². The Kier molecular flexibility index (Phi) is 6.62. The summed E-state index contributed by atoms with van der Waals surface area (Å²) < 4.78 is 7.40. The third-order valence-corrected chi connectivity index (χ3v) is 6.54. The predicted molar refractivity (Wildman–Crippen MR) is 128 cm³/mol. The van der Waals surface area contributed by atoms with E-state index >= 15 is 0 Å². The van der Waals surface area contributed by atoms with Gasteiger partial charge in [-0.25, -0.2) is 4.98 Å². The Labute approximate surface area is 193 Å². The van der Waals surface area contributed by atoms with Crippen molar-refractivity contribution in [2.24, 2.45) is 5.92 Å². The SMILES string of the molecule is CC(C)(C)n1ncc(-c2nc(CC(=O)NCC3CCOCC3)cs2)c1-c1cccc(N)c1. The van der Waals surface area contributed by atoms with Crippen LogP contribution in [0.3, 0.4) is 0 Å². The number of nitrogens with two attached hydrogens (primary N) is 1. The molecule has 2 aromatic heterocycles. The van der Waals surface area contributed by atoms with Crippen molar-refractivity contribution in [3.8, 4) is 21.8 Å². The predicted octanol–water partition coefficient (Wildman–Crippen LogP) is 4.10. The molecule has 0 radical (unpaired) electrons. The zero-order chi connectivity index (χ0) is 22.7. The Hall–Kier alpha value is -2.71. The molecule has 0 spiro atoms. The first kappa shape index (κ1) is 22.5. The summed E-state index contributed by atoms with van der Waals surface area (Å²) in [5.74, 6) is 0.512. The maximum atomic E-state index is 12.5. The van der Waals surface area contributed by atoms with Gasteiger partial charge in [0.25, 0.3) is 0 Å². The number of nitrogen functional groups attached to an aromatic ring is 1. The van der Waals surface area contributed by atoms with Gasteiger partial charge in [0, 0.05) is 36.4 Å². The molecular formula is C24H31N5O2S. The number of hydrogen-bond acceptors (Lipinski definition) is 6. The monoisotopic (exact) mass is 453 g/mol. The van der Waals surface area contributed by atoms with Gasteiger partial charge in [-0.1, -0.05) is 12.1 Å². The summed E-state index contributed by atoms with van der Waals surface area (Å²) in [4.78, 5) is 17.2. The number of rotatable bonds is 6. The number of aromatic nitrogens is 3. The Morgan fingerprint density at radius 1 is 1.31 bits per heavy atom. The smallest absolute Gasteiger partial charge is 0.226 e. The molecule has 7 nitrogen and oxygen atoms in total. The van der Waals surface area contributed by atoms with Crippen LogP contribution in [-0.2, 0) is 21.5 Å². The van der Waals surface area contributed by atoms with Gasteiger partial charge in [-0.3, -0.25) is 9.48 Å². The largest absolute Gasteiger partial charge is 0.399 e. The quantitative estimate of drug-likeness (QED) is 0.548. The van der Waals surface area contributed by atoms with E-state index in [9.17, 15) is 4.79 Å². The molecule has 170 valence electrons. The minimum Gasteiger partial charge on any atom is -0.399 e. The number of hydrogen-bond donors (Lipinski definition) is 2. The second kappa shape index (κ2) is 9.42. The Morgan fingerprint density at radius 3 is 2.81 bits per heavy atom. The summed E-state index contributed by atoms with van der Waals surface area (Å²) in [6.07, 6.45) is 4.15. The standard InChI is InChI=1S/C24H31N5O2S/c1-24(2,3)29-22(17-5-4-6-18(25)11-17)20(14-27-29)23-28-19(15-32-23)12-21(30)26-13-16-7-9-31-10-8-16/h4-6,11,14-16H,7-10,12-13,25H2,1-3H3,(H,26,30). The van der Waals surface area contributed by atoms with Gasteiger partial charge >= 0.3 is 0 Å². The lowest BCUT2D eigenvalue weighted by Gasteiger charge is -2.23. The summed E-state index contributed by atoms with van der Waals surface area (Å²) in [7, 11) is 0. The second-order valence-electron chi connectivity index (χ2n) is 9.30. The fraction of sp³-hybridized carbons (Fsp3) is 0.458. The van der Waals surface area contributed by atoms with Crippen LogP contribution in [0.25, 0.3) is 21.8 Å². The summed E-state index contributed by atoms with van der Waals surface area (Å²) >= 11 is 1.54. The van der Waals surface area contributed by atoms with E-state index in [0.29, 0.717) is 18.2 Å². The molecule has 1 amide bonds. The molecule has 0 atom stereocenters. The first-order valence-corrected chi connectivity index (χ1v) is 11.9. The lowest BCUT2D eigenvalue weighted by Crippen LogP contribution is -2.33. The van der Waals surface area contributed by atoms with Crippen molar-refractivity contribution in [2.75, 3.05) is 25.5 Å². The highest BCUT2D eigenvalue weighted by Gasteiger charge is 2.24. The molecule has 3 heterocycles. The van der Waals surface area contributed by atoms with Gasteiger partial charge < -0.3 is 15.8 Å². The molecule has 8 heteroatoms. The van der Waals surface area contributed by atoms with Crippen LogP contribution < -0.4 is 11.1 Å². The number of carbonyl (C=O) groups is 1. The Bertz CT molecular complexity index is 1080. The summed E-state index contributed by atoms with van der Waals surface area (Å²) in [6.45, 7) is 8.64. The van der Waals surface area contributed by atoms with E-state index in [1.807, 2.05) is 40.5 Å². The average Bonchev–Trinajstić information content (AvgIpc) is 3.40. The van der Waals surface area contributed by atoms with Crippen molar-refractivity contribution in [3.63, 3.8) is 0 Å². The normalized spacial score (nSPS) is 15.1. The van der Waals surface area contributed by atoms with Crippen molar-refractivity contribution < 1.29 is 9.53 Å². The zero-order valence-corrected chi connectivity index (χ0v) is 19.7. The zero-order valence-electron chi connectivity index (χ0n) is 18.9. The van der Waals surface area contributed by atoms with Gasteiger partial charge in [-0.2, -0.15) is 5.10 Å². The molecule has 1 saturated heterocycles. The number of benzene rings is 1. The van der Waals surface area contributed by atoms with Gasteiger partial charge in [0.05, 0.1) is 35.1 Å². The molecule has 3 N–H and O–H groups in total. The number of carbonyl (C=O) groups excluding carboxylic acids is 1. The number of ether oxygens (including phenoxy) is 1. The number of anilines is 1. The third kappa shape index (κ3) is 5.19. The highest BCUT2D eigenvalue weighted by Crippen LogP contribution is 2.37. The first-order chi connectivity index (χ1) is 15.3. The lowest BCUT2D eigenvalue weighted by atomic mass is 10.0. The molecule has 0 aliphatic carbocycles. The van der Waals surface area contributed by atoms with E-state index in [1.54, 1.807) is 0 Å². The van der Waals surface area contributed by atoms with Crippen LogP contribution in [0, 0.1) is 5.92 Å².